The molecule has 2 unspecified atom stereocenters. The molecule has 4 heteroatoms. The van der Waals surface area contributed by atoms with Crippen LogP contribution in [0.5, 0.6) is 0 Å². The van der Waals surface area contributed by atoms with E-state index in [4.69, 9.17) is 5.11 Å². The van der Waals surface area contributed by atoms with Crippen LogP contribution in [0, 0.1) is 0 Å². The van der Waals surface area contributed by atoms with Crippen molar-refractivity contribution in [1.82, 2.24) is 15.5 Å². The van der Waals surface area contributed by atoms with Gasteiger partial charge in [-0.15, -0.1) is 0 Å². The molecule has 0 radical (unpaired) electrons. The molecule has 80 valence electrons. The van der Waals surface area contributed by atoms with Crippen LogP contribution in [0.1, 0.15) is 38.4 Å². The average Bonchev–Trinajstić information content (AvgIpc) is 2.69. The number of hydrogen-bond donors (Lipinski definition) is 3. The van der Waals surface area contributed by atoms with Gasteiger partial charge in [0.05, 0.1) is 5.69 Å². The predicted octanol–water partition coefficient (Wildman–Crippen LogP) is 1.22. The summed E-state index contributed by atoms with van der Waals surface area (Å²) in [6.45, 7) is 4.45. The van der Waals surface area contributed by atoms with E-state index in [2.05, 4.69) is 29.4 Å². The van der Waals surface area contributed by atoms with E-state index < -0.39 is 0 Å². The van der Waals surface area contributed by atoms with Crippen molar-refractivity contribution in [3.63, 3.8) is 0 Å². The summed E-state index contributed by atoms with van der Waals surface area (Å²) >= 11 is 0. The monoisotopic (exact) mass is 197 g/mol. The Morgan fingerprint density at radius 3 is 2.93 bits per heavy atom. The standard InChI is InChI=1S/C10H19N3O/c1-3-9(5-7-14)12-8(2)10-4-6-11-13-10/h4,6,8-9,12,14H,3,5,7H2,1-2H3,(H,11,13). The molecule has 14 heavy (non-hydrogen) atoms. The minimum absolute atomic E-state index is 0.237. The third-order valence-electron chi connectivity index (χ3n) is 2.44. The van der Waals surface area contributed by atoms with Gasteiger partial charge in [-0.2, -0.15) is 5.10 Å². The normalized spacial score (nSPS) is 15.4. The molecule has 0 saturated heterocycles. The average molecular weight is 197 g/mol. The highest BCUT2D eigenvalue weighted by molar-refractivity contribution is 5.03. The highest BCUT2D eigenvalue weighted by Gasteiger charge is 2.11. The first-order valence-electron chi connectivity index (χ1n) is 5.14. The van der Waals surface area contributed by atoms with Gasteiger partial charge >= 0.3 is 0 Å². The first kappa shape index (κ1) is 11.2. The Labute approximate surface area is 84.7 Å². The molecule has 1 aromatic heterocycles. The summed E-state index contributed by atoms with van der Waals surface area (Å²) in [4.78, 5) is 0. The molecule has 0 aliphatic heterocycles. The lowest BCUT2D eigenvalue weighted by Gasteiger charge is -2.20. The Morgan fingerprint density at radius 2 is 2.43 bits per heavy atom. The van der Waals surface area contributed by atoms with Crippen molar-refractivity contribution in [2.24, 2.45) is 0 Å². The van der Waals surface area contributed by atoms with Crippen LogP contribution in [0.2, 0.25) is 0 Å². The number of nitrogens with zero attached hydrogens (tertiary/aromatic N) is 1. The zero-order valence-electron chi connectivity index (χ0n) is 8.83. The van der Waals surface area contributed by atoms with E-state index in [9.17, 15) is 0 Å². The summed E-state index contributed by atoms with van der Waals surface area (Å²) in [5.41, 5.74) is 1.08. The van der Waals surface area contributed by atoms with Crippen LogP contribution in [0.3, 0.4) is 0 Å². The highest BCUT2D eigenvalue weighted by atomic mass is 16.3. The third-order valence-corrected chi connectivity index (χ3v) is 2.44. The van der Waals surface area contributed by atoms with Gasteiger partial charge in [0.25, 0.3) is 0 Å². The van der Waals surface area contributed by atoms with Gasteiger partial charge < -0.3 is 10.4 Å². The van der Waals surface area contributed by atoms with Gasteiger partial charge in [0.1, 0.15) is 0 Å². The van der Waals surface area contributed by atoms with Crippen LogP contribution in [0.4, 0.5) is 0 Å². The van der Waals surface area contributed by atoms with E-state index in [1.165, 1.54) is 0 Å². The molecule has 4 nitrogen and oxygen atoms in total. The summed E-state index contributed by atoms with van der Waals surface area (Å²) in [6, 6.07) is 2.59. The van der Waals surface area contributed by atoms with Crippen molar-refractivity contribution in [2.75, 3.05) is 6.61 Å². The lowest BCUT2D eigenvalue weighted by molar-refractivity contribution is 0.256. The number of aromatic nitrogens is 2. The van der Waals surface area contributed by atoms with Crippen LogP contribution < -0.4 is 5.32 Å². The largest absolute Gasteiger partial charge is 0.396 e. The van der Waals surface area contributed by atoms with Crippen LogP contribution in [-0.2, 0) is 0 Å². The molecule has 0 fully saturated rings. The number of aromatic amines is 1. The minimum Gasteiger partial charge on any atom is -0.396 e. The molecule has 1 rings (SSSR count). The molecule has 0 amide bonds. The Balaban J connectivity index is 2.42. The van der Waals surface area contributed by atoms with Gasteiger partial charge in [-0.1, -0.05) is 6.92 Å². The summed E-state index contributed by atoms with van der Waals surface area (Å²) in [7, 11) is 0. The van der Waals surface area contributed by atoms with Crippen molar-refractivity contribution < 1.29 is 5.11 Å². The number of rotatable bonds is 6. The van der Waals surface area contributed by atoms with Gasteiger partial charge in [-0.05, 0) is 25.8 Å². The molecule has 0 saturated carbocycles. The third kappa shape index (κ3) is 3.12. The van der Waals surface area contributed by atoms with Crippen LogP contribution >= 0.6 is 0 Å². The van der Waals surface area contributed by atoms with Crippen molar-refractivity contribution in [3.8, 4) is 0 Å². The van der Waals surface area contributed by atoms with Gasteiger partial charge in [0.2, 0.25) is 0 Å². The quantitative estimate of drug-likeness (QED) is 0.642. The Morgan fingerprint density at radius 1 is 1.64 bits per heavy atom. The maximum atomic E-state index is 8.85. The van der Waals surface area contributed by atoms with Crippen molar-refractivity contribution in [2.45, 2.75) is 38.8 Å². The predicted molar refractivity (Wildman–Crippen MR) is 55.9 cm³/mol. The first-order valence-corrected chi connectivity index (χ1v) is 5.14. The molecule has 1 heterocycles. The smallest absolute Gasteiger partial charge is 0.0518 e. The molecule has 0 aromatic carbocycles. The van der Waals surface area contributed by atoms with Crippen molar-refractivity contribution >= 4 is 0 Å². The lowest BCUT2D eigenvalue weighted by Crippen LogP contribution is -2.32. The fourth-order valence-electron chi connectivity index (χ4n) is 1.51. The highest BCUT2D eigenvalue weighted by Crippen LogP contribution is 2.10. The van der Waals surface area contributed by atoms with E-state index >= 15 is 0 Å². The molecule has 0 spiro atoms. The summed E-state index contributed by atoms with van der Waals surface area (Å²) in [5, 5.41) is 19.1. The second-order valence-electron chi connectivity index (χ2n) is 3.52. The van der Waals surface area contributed by atoms with E-state index in [1.807, 2.05) is 6.07 Å². The lowest BCUT2D eigenvalue weighted by atomic mass is 10.1. The van der Waals surface area contributed by atoms with Gasteiger partial charge in [-0.25, -0.2) is 0 Å². The number of aliphatic hydroxyl groups is 1. The van der Waals surface area contributed by atoms with E-state index in [-0.39, 0.29) is 12.6 Å². The van der Waals surface area contributed by atoms with Crippen molar-refractivity contribution in [1.29, 1.82) is 0 Å². The van der Waals surface area contributed by atoms with Gasteiger partial charge in [-0.3, -0.25) is 5.10 Å². The van der Waals surface area contributed by atoms with Crippen LogP contribution in [0.15, 0.2) is 12.3 Å². The van der Waals surface area contributed by atoms with Gasteiger partial charge in [0, 0.05) is 24.9 Å². The summed E-state index contributed by atoms with van der Waals surface area (Å²) in [5.74, 6) is 0. The molecule has 3 N–H and O–H groups in total. The Hall–Kier alpha value is -0.870. The molecule has 2 atom stereocenters. The van der Waals surface area contributed by atoms with E-state index in [0.29, 0.717) is 6.04 Å². The maximum absolute atomic E-state index is 8.85. The van der Waals surface area contributed by atoms with Crippen LogP contribution in [-0.4, -0.2) is 28.0 Å². The Kier molecular flexibility index (Phi) is 4.62. The zero-order valence-corrected chi connectivity index (χ0v) is 8.83. The SMILES string of the molecule is CCC(CCO)NC(C)c1ccn[nH]1. The van der Waals surface area contributed by atoms with Crippen molar-refractivity contribution in [3.05, 3.63) is 18.0 Å². The molecular weight excluding hydrogens is 178 g/mol. The van der Waals surface area contributed by atoms with E-state index in [1.54, 1.807) is 6.20 Å². The fraction of sp³-hybridized carbons (Fsp3) is 0.700. The topological polar surface area (TPSA) is 60.9 Å². The summed E-state index contributed by atoms with van der Waals surface area (Å²) < 4.78 is 0. The van der Waals surface area contributed by atoms with Gasteiger partial charge in [0.15, 0.2) is 0 Å². The maximum Gasteiger partial charge on any atom is 0.0518 e. The molecule has 0 bridgehead atoms. The first-order chi connectivity index (χ1) is 6.77. The number of nitrogens with one attached hydrogen (secondary N) is 2. The van der Waals surface area contributed by atoms with E-state index in [0.717, 1.165) is 18.5 Å². The Bertz CT molecular complexity index is 236. The van der Waals surface area contributed by atoms with Crippen LogP contribution in [0.25, 0.3) is 0 Å². The number of hydrogen-bond acceptors (Lipinski definition) is 3. The fourth-order valence-corrected chi connectivity index (χ4v) is 1.51. The summed E-state index contributed by atoms with van der Waals surface area (Å²) in [6.07, 6.45) is 3.58. The molecule has 1 aromatic rings. The zero-order chi connectivity index (χ0) is 10.4. The second-order valence-corrected chi connectivity index (χ2v) is 3.52. The molecule has 0 aliphatic rings. The molecule has 0 aliphatic carbocycles. The minimum atomic E-state index is 0.237. The second kappa shape index (κ2) is 5.78. The number of H-pyrrole nitrogens is 1. The molecular formula is C10H19N3O. The number of aliphatic hydroxyl groups excluding tert-OH is 1.